The summed E-state index contributed by atoms with van der Waals surface area (Å²) >= 11 is 7.40. The van der Waals surface area contributed by atoms with Crippen molar-refractivity contribution in [2.24, 2.45) is 0 Å². The van der Waals surface area contributed by atoms with E-state index in [0.29, 0.717) is 21.6 Å². The van der Waals surface area contributed by atoms with Crippen LogP contribution in [0.1, 0.15) is 36.0 Å². The maximum Gasteiger partial charge on any atom is 0.269 e. The molecule has 0 saturated heterocycles. The van der Waals surface area contributed by atoms with Crippen molar-refractivity contribution < 1.29 is 9.59 Å². The molecule has 1 aliphatic rings. The summed E-state index contributed by atoms with van der Waals surface area (Å²) in [5.41, 5.74) is 5.28. The summed E-state index contributed by atoms with van der Waals surface area (Å²) in [4.78, 5) is 23.4. The zero-order valence-corrected chi connectivity index (χ0v) is 12.6. The van der Waals surface area contributed by atoms with Gasteiger partial charge < -0.3 is 0 Å². The van der Waals surface area contributed by atoms with Gasteiger partial charge in [-0.05, 0) is 37.1 Å². The molecule has 0 aromatic heterocycles. The largest absolute Gasteiger partial charge is 0.272 e. The van der Waals surface area contributed by atoms with Crippen molar-refractivity contribution in [2.75, 3.05) is 5.75 Å². The first-order valence-corrected chi connectivity index (χ1v) is 8.04. The van der Waals surface area contributed by atoms with Crippen LogP contribution in [-0.4, -0.2) is 22.8 Å². The molecule has 0 bridgehead atoms. The SMILES string of the molecule is O=C(CSC1CCCC1)NNC(=O)c1ccc(Cl)cc1. The normalized spacial score (nSPS) is 15.1. The van der Waals surface area contributed by atoms with Crippen LogP contribution in [0.15, 0.2) is 24.3 Å². The number of amides is 2. The summed E-state index contributed by atoms with van der Waals surface area (Å²) in [5, 5.41) is 1.16. The summed E-state index contributed by atoms with van der Waals surface area (Å²) in [6, 6.07) is 6.48. The monoisotopic (exact) mass is 312 g/mol. The van der Waals surface area contributed by atoms with Gasteiger partial charge in [0.1, 0.15) is 0 Å². The van der Waals surface area contributed by atoms with Gasteiger partial charge in [-0.25, -0.2) is 0 Å². The van der Waals surface area contributed by atoms with Crippen LogP contribution < -0.4 is 10.9 Å². The lowest BCUT2D eigenvalue weighted by Crippen LogP contribution is -2.42. The third-order valence-electron chi connectivity index (χ3n) is 3.17. The van der Waals surface area contributed by atoms with Crippen LogP contribution in [0.25, 0.3) is 0 Å². The molecule has 1 aliphatic carbocycles. The Bertz CT molecular complexity index is 473. The van der Waals surface area contributed by atoms with E-state index in [9.17, 15) is 9.59 Å². The Labute approximate surface area is 127 Å². The fourth-order valence-electron chi connectivity index (χ4n) is 2.08. The Hall–Kier alpha value is -1.20. The second-order valence-corrected chi connectivity index (χ2v) is 6.45. The molecule has 1 aromatic carbocycles. The van der Waals surface area contributed by atoms with Gasteiger partial charge in [-0.15, -0.1) is 11.8 Å². The molecule has 2 N–H and O–H groups in total. The van der Waals surface area contributed by atoms with Gasteiger partial charge in [-0.2, -0.15) is 0 Å². The molecule has 1 aromatic rings. The lowest BCUT2D eigenvalue weighted by molar-refractivity contribution is -0.119. The Morgan fingerprint density at radius 2 is 1.80 bits per heavy atom. The molecular formula is C14H17ClN2O2S. The van der Waals surface area contributed by atoms with Crippen LogP contribution in [0.2, 0.25) is 5.02 Å². The molecule has 4 nitrogen and oxygen atoms in total. The highest BCUT2D eigenvalue weighted by atomic mass is 35.5. The summed E-state index contributed by atoms with van der Waals surface area (Å²) in [5.74, 6) is -0.143. The lowest BCUT2D eigenvalue weighted by Gasteiger charge is -2.10. The van der Waals surface area contributed by atoms with Crippen molar-refractivity contribution in [1.82, 2.24) is 10.9 Å². The molecule has 108 valence electrons. The van der Waals surface area contributed by atoms with Gasteiger partial charge >= 0.3 is 0 Å². The Balaban J connectivity index is 1.69. The van der Waals surface area contributed by atoms with E-state index in [2.05, 4.69) is 10.9 Å². The third kappa shape index (κ3) is 4.72. The molecule has 0 unspecified atom stereocenters. The molecule has 1 saturated carbocycles. The zero-order chi connectivity index (χ0) is 14.4. The third-order valence-corrected chi connectivity index (χ3v) is 4.80. The average Bonchev–Trinajstić information content (AvgIpc) is 2.96. The number of carbonyl (C=O) groups excluding carboxylic acids is 2. The summed E-state index contributed by atoms with van der Waals surface area (Å²) < 4.78 is 0. The van der Waals surface area contributed by atoms with Crippen LogP contribution in [0.4, 0.5) is 0 Å². The average molecular weight is 313 g/mol. The van der Waals surface area contributed by atoms with Crippen LogP contribution in [0.3, 0.4) is 0 Å². The number of carbonyl (C=O) groups is 2. The van der Waals surface area contributed by atoms with E-state index in [0.717, 1.165) is 0 Å². The first-order chi connectivity index (χ1) is 9.65. The van der Waals surface area contributed by atoms with Crippen molar-refractivity contribution in [3.8, 4) is 0 Å². The predicted molar refractivity (Wildman–Crippen MR) is 81.8 cm³/mol. The number of thioether (sulfide) groups is 1. The highest BCUT2D eigenvalue weighted by molar-refractivity contribution is 8.00. The number of nitrogens with one attached hydrogen (secondary N) is 2. The molecule has 0 aliphatic heterocycles. The molecule has 0 atom stereocenters. The Kier molecular flexibility index (Phi) is 5.73. The number of halogens is 1. The van der Waals surface area contributed by atoms with E-state index in [4.69, 9.17) is 11.6 Å². The quantitative estimate of drug-likeness (QED) is 0.841. The highest BCUT2D eigenvalue weighted by Crippen LogP contribution is 2.28. The first kappa shape index (κ1) is 15.2. The maximum absolute atomic E-state index is 11.7. The minimum atomic E-state index is -0.346. The van der Waals surface area contributed by atoms with E-state index in [1.807, 2.05) is 0 Å². The standard InChI is InChI=1S/C14H17ClN2O2S/c15-11-7-5-10(6-8-11)14(19)17-16-13(18)9-20-12-3-1-2-4-12/h5-8,12H,1-4,9H2,(H,16,18)(H,17,19). The van der Waals surface area contributed by atoms with Crippen molar-refractivity contribution in [1.29, 1.82) is 0 Å². The van der Waals surface area contributed by atoms with Gasteiger partial charge in [0, 0.05) is 15.8 Å². The summed E-state index contributed by atoms with van der Waals surface area (Å²) in [6.07, 6.45) is 4.89. The van der Waals surface area contributed by atoms with Crippen LogP contribution >= 0.6 is 23.4 Å². The summed E-state index contributed by atoms with van der Waals surface area (Å²) in [6.45, 7) is 0. The van der Waals surface area contributed by atoms with Gasteiger partial charge in [0.05, 0.1) is 5.75 Å². The molecular weight excluding hydrogens is 296 g/mol. The second-order valence-electron chi connectivity index (χ2n) is 4.73. The molecule has 0 radical (unpaired) electrons. The van der Waals surface area contributed by atoms with Crippen molar-refractivity contribution in [2.45, 2.75) is 30.9 Å². The van der Waals surface area contributed by atoms with Gasteiger partial charge in [0.25, 0.3) is 5.91 Å². The second kappa shape index (κ2) is 7.55. The van der Waals surface area contributed by atoms with Gasteiger partial charge in [0.15, 0.2) is 0 Å². The lowest BCUT2D eigenvalue weighted by atomic mass is 10.2. The number of hydrogen-bond acceptors (Lipinski definition) is 3. The zero-order valence-electron chi connectivity index (χ0n) is 11.0. The fraction of sp³-hybridized carbons (Fsp3) is 0.429. The number of benzene rings is 1. The van der Waals surface area contributed by atoms with Gasteiger partial charge in [0.2, 0.25) is 5.91 Å². The molecule has 1 fully saturated rings. The van der Waals surface area contributed by atoms with Crippen molar-refractivity contribution >= 4 is 35.2 Å². The van der Waals surface area contributed by atoms with E-state index in [1.165, 1.54) is 25.7 Å². The molecule has 6 heteroatoms. The minimum absolute atomic E-state index is 0.177. The van der Waals surface area contributed by atoms with Crippen molar-refractivity contribution in [3.63, 3.8) is 0 Å². The number of hydrazine groups is 1. The van der Waals surface area contributed by atoms with Crippen molar-refractivity contribution in [3.05, 3.63) is 34.9 Å². The number of rotatable bonds is 4. The fourth-order valence-corrected chi connectivity index (χ4v) is 3.34. The molecule has 2 rings (SSSR count). The molecule has 2 amide bonds. The van der Waals surface area contributed by atoms with Crippen LogP contribution in [0, 0.1) is 0 Å². The topological polar surface area (TPSA) is 58.2 Å². The first-order valence-electron chi connectivity index (χ1n) is 6.61. The van der Waals surface area contributed by atoms with Crippen LogP contribution in [-0.2, 0) is 4.79 Å². The van der Waals surface area contributed by atoms with E-state index in [-0.39, 0.29) is 11.8 Å². The smallest absolute Gasteiger partial charge is 0.269 e. The van der Waals surface area contributed by atoms with Gasteiger partial charge in [-0.3, -0.25) is 20.4 Å². The van der Waals surface area contributed by atoms with Gasteiger partial charge in [-0.1, -0.05) is 24.4 Å². The molecule has 0 spiro atoms. The minimum Gasteiger partial charge on any atom is -0.272 e. The number of hydrogen-bond donors (Lipinski definition) is 2. The maximum atomic E-state index is 11.7. The van der Waals surface area contributed by atoms with E-state index < -0.39 is 0 Å². The predicted octanol–water partition coefficient (Wildman–Crippen LogP) is 2.78. The van der Waals surface area contributed by atoms with E-state index in [1.54, 1.807) is 36.0 Å². The highest BCUT2D eigenvalue weighted by Gasteiger charge is 2.16. The van der Waals surface area contributed by atoms with E-state index >= 15 is 0 Å². The Morgan fingerprint density at radius 1 is 1.15 bits per heavy atom. The molecule has 0 heterocycles. The van der Waals surface area contributed by atoms with Crippen LogP contribution in [0.5, 0.6) is 0 Å². The Morgan fingerprint density at radius 3 is 2.45 bits per heavy atom. The summed E-state index contributed by atoms with van der Waals surface area (Å²) in [7, 11) is 0. The molecule has 20 heavy (non-hydrogen) atoms.